The Kier molecular flexibility index (Phi) is 6.98. The van der Waals surface area contributed by atoms with Crippen LogP contribution < -0.4 is 40.6 Å². The molecule has 10 heteroatoms. The molecule has 1 fully saturated rings. The fourth-order valence-electron chi connectivity index (χ4n) is 3.03. The summed E-state index contributed by atoms with van der Waals surface area (Å²) in [7, 11) is 1.37. The normalized spacial score (nSPS) is 25.4. The summed E-state index contributed by atoms with van der Waals surface area (Å²) in [6, 6.07) is -1.60. The maximum atomic E-state index is 12.4. The molecule has 4 N–H and O–H groups in total. The van der Waals surface area contributed by atoms with Gasteiger partial charge in [0.15, 0.2) is 5.70 Å². The summed E-state index contributed by atoms with van der Waals surface area (Å²) >= 11 is 1.35. The zero-order valence-electron chi connectivity index (χ0n) is 15.6. The van der Waals surface area contributed by atoms with E-state index in [2.05, 4.69) is 5.32 Å². The van der Waals surface area contributed by atoms with Crippen molar-refractivity contribution in [2.24, 2.45) is 5.73 Å². The maximum Gasteiger partial charge on any atom is 1.00 e. The molecule has 2 aliphatic heterocycles. The van der Waals surface area contributed by atoms with Gasteiger partial charge >= 0.3 is 35.5 Å². The number of aliphatic carboxylic acids is 1. The van der Waals surface area contributed by atoms with Gasteiger partial charge in [0, 0.05) is 0 Å². The third-order valence-corrected chi connectivity index (χ3v) is 5.65. The number of amides is 2. The van der Waals surface area contributed by atoms with E-state index in [9.17, 15) is 19.5 Å². The van der Waals surface area contributed by atoms with E-state index in [1.54, 1.807) is 0 Å². The van der Waals surface area contributed by atoms with Gasteiger partial charge in [-0.1, -0.05) is 18.2 Å². The predicted molar refractivity (Wildman–Crippen MR) is 92.2 cm³/mol. The monoisotopic (exact) mass is 389 g/mol. The van der Waals surface area contributed by atoms with Crippen molar-refractivity contribution in [1.82, 2.24) is 10.2 Å². The number of hydrogen-bond donors (Lipinski definition) is 3. The SMILES string of the molecule is COC1=C(C(=O)O)N2C(=O)[C@@H](NC(=O)C(N)C3=CCC=CC3)[C@H]2SC1.[H-].[Na+]. The largest absolute Gasteiger partial charge is 1.00 e. The van der Waals surface area contributed by atoms with E-state index in [1.807, 2.05) is 18.2 Å². The van der Waals surface area contributed by atoms with Gasteiger partial charge < -0.3 is 22.3 Å². The molecule has 0 spiro atoms. The van der Waals surface area contributed by atoms with E-state index >= 15 is 0 Å². The molecule has 3 rings (SSSR count). The molecule has 0 aromatic carbocycles. The van der Waals surface area contributed by atoms with Gasteiger partial charge in [-0.15, -0.1) is 11.8 Å². The van der Waals surface area contributed by atoms with Crippen LogP contribution in [0.25, 0.3) is 0 Å². The fraction of sp³-hybridized carbons (Fsp3) is 0.438. The molecular weight excluding hydrogens is 369 g/mol. The van der Waals surface area contributed by atoms with Crippen LogP contribution in [0.15, 0.2) is 35.3 Å². The summed E-state index contributed by atoms with van der Waals surface area (Å²) in [5.41, 5.74) is 6.63. The number of β-lactam (4-membered cyclic amide) rings is 1. The Balaban J connectivity index is 0.00000182. The summed E-state index contributed by atoms with van der Waals surface area (Å²) in [6.07, 6.45) is 7.20. The number of allylic oxidation sites excluding steroid dienone is 3. The molecule has 0 aromatic rings. The predicted octanol–water partition coefficient (Wildman–Crippen LogP) is -2.95. The summed E-state index contributed by atoms with van der Waals surface area (Å²) in [5, 5.41) is 11.5. The molecule has 0 radical (unpaired) electrons. The molecule has 8 nitrogen and oxygen atoms in total. The van der Waals surface area contributed by atoms with Crippen LogP contribution in [0.1, 0.15) is 14.3 Å². The van der Waals surface area contributed by atoms with Crippen LogP contribution in [0.4, 0.5) is 0 Å². The molecule has 136 valence electrons. The van der Waals surface area contributed by atoms with E-state index in [4.69, 9.17) is 10.5 Å². The van der Waals surface area contributed by atoms with Crippen molar-refractivity contribution in [3.8, 4) is 0 Å². The van der Waals surface area contributed by atoms with Gasteiger partial charge in [0.2, 0.25) is 5.91 Å². The molecule has 0 saturated carbocycles. The first-order valence-corrected chi connectivity index (χ1v) is 8.85. The third kappa shape index (κ3) is 3.72. The maximum absolute atomic E-state index is 12.4. The summed E-state index contributed by atoms with van der Waals surface area (Å²) in [4.78, 5) is 37.4. The van der Waals surface area contributed by atoms with Crippen LogP contribution in [0, 0.1) is 0 Å². The van der Waals surface area contributed by atoms with Crippen molar-refractivity contribution in [3.05, 3.63) is 35.3 Å². The second-order valence-corrected chi connectivity index (χ2v) is 6.95. The second-order valence-electron chi connectivity index (χ2n) is 5.85. The van der Waals surface area contributed by atoms with Crippen molar-refractivity contribution in [3.63, 3.8) is 0 Å². The Hall–Kier alpha value is -1.26. The molecule has 1 unspecified atom stereocenters. The van der Waals surface area contributed by atoms with Crippen molar-refractivity contribution in [2.45, 2.75) is 30.3 Å². The zero-order chi connectivity index (χ0) is 18.1. The average molecular weight is 389 g/mol. The minimum Gasteiger partial charge on any atom is -1.00 e. The van der Waals surface area contributed by atoms with Crippen molar-refractivity contribution in [1.29, 1.82) is 0 Å². The van der Waals surface area contributed by atoms with Crippen molar-refractivity contribution >= 4 is 29.5 Å². The number of rotatable bonds is 5. The van der Waals surface area contributed by atoms with Crippen LogP contribution in [-0.2, 0) is 19.1 Å². The molecule has 1 saturated heterocycles. The standard InChI is InChI=1S/C16H19N3O5S.Na.H/c1-24-9-7-25-15-11(14(21)19(15)12(9)16(22)23)18-13(20)10(17)8-5-3-2-4-6-8;;/h2-3,6,10-11,15H,4-5,7,17H2,1H3,(H,18,20)(H,22,23);;/q;+1;-1/t10?,11-,15-;;/m1../s1. The zero-order valence-corrected chi connectivity index (χ0v) is 17.4. The number of ether oxygens (including phenoxy) is 1. The Morgan fingerprint density at radius 1 is 1.50 bits per heavy atom. The van der Waals surface area contributed by atoms with E-state index in [0.717, 1.165) is 16.9 Å². The van der Waals surface area contributed by atoms with Gasteiger partial charge in [-0.3, -0.25) is 14.5 Å². The van der Waals surface area contributed by atoms with Crippen molar-refractivity contribution in [2.75, 3.05) is 12.9 Å². The number of nitrogens with zero attached hydrogens (tertiary/aromatic N) is 1. The number of carboxylic acid groups (broad SMARTS) is 1. The topological polar surface area (TPSA) is 122 Å². The third-order valence-electron chi connectivity index (χ3n) is 4.40. The number of nitrogens with two attached hydrogens (primary N) is 1. The summed E-state index contributed by atoms with van der Waals surface area (Å²) < 4.78 is 5.06. The number of methoxy groups -OCH3 is 1. The first kappa shape index (κ1) is 21.0. The van der Waals surface area contributed by atoms with Crippen molar-refractivity contribution < 1.29 is 55.2 Å². The van der Waals surface area contributed by atoms with E-state index < -0.39 is 35.2 Å². The molecule has 3 aliphatic rings. The quantitative estimate of drug-likeness (QED) is 0.261. The van der Waals surface area contributed by atoms with Gasteiger partial charge in [-0.2, -0.15) is 0 Å². The Labute approximate surface area is 178 Å². The molecule has 2 amide bonds. The molecule has 0 aromatic heterocycles. The minimum atomic E-state index is -1.23. The van der Waals surface area contributed by atoms with Gasteiger partial charge in [0.25, 0.3) is 5.91 Å². The van der Waals surface area contributed by atoms with Crippen LogP contribution in [-0.4, -0.2) is 58.1 Å². The molecule has 3 atom stereocenters. The van der Waals surface area contributed by atoms with Gasteiger partial charge in [0.05, 0.1) is 12.9 Å². The number of hydrogen-bond acceptors (Lipinski definition) is 6. The average Bonchev–Trinajstić information content (AvgIpc) is 2.64. The minimum absolute atomic E-state index is 0. The summed E-state index contributed by atoms with van der Waals surface area (Å²) in [6.45, 7) is 0. The van der Waals surface area contributed by atoms with E-state index in [1.165, 1.54) is 18.9 Å². The second kappa shape index (κ2) is 8.62. The number of carbonyl (C=O) groups excluding carboxylic acids is 2. The Bertz CT molecular complexity index is 727. The van der Waals surface area contributed by atoms with Gasteiger partial charge in [0.1, 0.15) is 23.2 Å². The molecule has 0 bridgehead atoms. The molecular formula is C16H20N3NaO5S. The van der Waals surface area contributed by atoms with Gasteiger partial charge in [-0.25, -0.2) is 4.79 Å². The van der Waals surface area contributed by atoms with Crippen LogP contribution >= 0.6 is 11.8 Å². The Morgan fingerprint density at radius 3 is 2.81 bits per heavy atom. The number of nitrogens with one attached hydrogen (secondary N) is 1. The number of carbonyl (C=O) groups is 3. The van der Waals surface area contributed by atoms with Crippen LogP contribution in [0.2, 0.25) is 0 Å². The first-order chi connectivity index (χ1) is 12.0. The van der Waals surface area contributed by atoms with Gasteiger partial charge in [-0.05, 0) is 18.4 Å². The number of carboxylic acids is 1. The molecule has 1 aliphatic carbocycles. The summed E-state index contributed by atoms with van der Waals surface area (Å²) in [5.74, 6) is -1.57. The van der Waals surface area contributed by atoms with E-state index in [-0.39, 0.29) is 42.4 Å². The number of fused-ring (bicyclic) bond motifs is 1. The van der Waals surface area contributed by atoms with E-state index in [0.29, 0.717) is 12.2 Å². The molecule has 26 heavy (non-hydrogen) atoms. The smallest absolute Gasteiger partial charge is 1.00 e. The first-order valence-electron chi connectivity index (χ1n) is 7.80. The fourth-order valence-corrected chi connectivity index (χ4v) is 4.34. The molecule has 2 heterocycles. The Morgan fingerprint density at radius 2 is 2.23 bits per heavy atom. The van der Waals surface area contributed by atoms with Crippen LogP contribution in [0.5, 0.6) is 0 Å². The number of thioether (sulfide) groups is 1. The van der Waals surface area contributed by atoms with Crippen LogP contribution in [0.3, 0.4) is 0 Å².